The standard InChI is InChI=1S/C20H34N4O/c1-18(16-25-17-19-9-5-3-6-10-19)15-23-20(21-2)22-11-14-24-12-7-4-8-13-24/h3,5-6,9-10,18H,4,7-8,11-17H2,1-2H3,(H2,21,22,23). The van der Waals surface area contributed by atoms with Crippen LogP contribution in [0.4, 0.5) is 0 Å². The summed E-state index contributed by atoms with van der Waals surface area (Å²) in [5.74, 6) is 1.32. The number of ether oxygens (including phenoxy) is 1. The third-order valence-electron chi connectivity index (χ3n) is 4.52. The Bertz CT molecular complexity index is 486. The van der Waals surface area contributed by atoms with Crippen LogP contribution in [0, 0.1) is 5.92 Å². The van der Waals surface area contributed by atoms with Gasteiger partial charge in [-0.2, -0.15) is 0 Å². The van der Waals surface area contributed by atoms with Gasteiger partial charge in [-0.15, -0.1) is 0 Å². The fourth-order valence-electron chi connectivity index (χ4n) is 3.02. The number of nitrogens with one attached hydrogen (secondary N) is 2. The van der Waals surface area contributed by atoms with Crippen molar-refractivity contribution in [1.82, 2.24) is 15.5 Å². The molecule has 140 valence electrons. The molecule has 1 fully saturated rings. The Kier molecular flexibility index (Phi) is 9.37. The number of likely N-dealkylation sites (tertiary alicyclic amines) is 1. The molecule has 5 heteroatoms. The van der Waals surface area contributed by atoms with E-state index >= 15 is 0 Å². The van der Waals surface area contributed by atoms with Crippen LogP contribution < -0.4 is 10.6 Å². The lowest BCUT2D eigenvalue weighted by atomic mass is 10.1. The summed E-state index contributed by atoms with van der Waals surface area (Å²) in [7, 11) is 1.83. The maximum atomic E-state index is 5.80. The van der Waals surface area contributed by atoms with Crippen molar-refractivity contribution in [1.29, 1.82) is 0 Å². The molecule has 0 amide bonds. The molecule has 1 atom stereocenters. The lowest BCUT2D eigenvalue weighted by Gasteiger charge is -2.26. The van der Waals surface area contributed by atoms with Crippen molar-refractivity contribution in [3.63, 3.8) is 0 Å². The van der Waals surface area contributed by atoms with Crippen molar-refractivity contribution in [2.24, 2.45) is 10.9 Å². The summed E-state index contributed by atoms with van der Waals surface area (Å²) in [6, 6.07) is 10.3. The van der Waals surface area contributed by atoms with Gasteiger partial charge in [-0.25, -0.2) is 0 Å². The number of rotatable bonds is 9. The molecule has 0 spiro atoms. The lowest BCUT2D eigenvalue weighted by molar-refractivity contribution is 0.0931. The van der Waals surface area contributed by atoms with Crippen molar-refractivity contribution >= 4 is 5.96 Å². The van der Waals surface area contributed by atoms with E-state index in [1.54, 1.807) is 0 Å². The summed E-state index contributed by atoms with van der Waals surface area (Å²) in [5, 5.41) is 6.81. The summed E-state index contributed by atoms with van der Waals surface area (Å²) in [6.45, 7) is 8.99. The van der Waals surface area contributed by atoms with Gasteiger partial charge >= 0.3 is 0 Å². The van der Waals surface area contributed by atoms with Gasteiger partial charge in [0.05, 0.1) is 13.2 Å². The fraction of sp³-hybridized carbons (Fsp3) is 0.650. The normalized spacial score (nSPS) is 17.3. The average molecular weight is 347 g/mol. The predicted octanol–water partition coefficient (Wildman–Crippen LogP) is 2.49. The topological polar surface area (TPSA) is 48.9 Å². The number of benzene rings is 1. The maximum Gasteiger partial charge on any atom is 0.191 e. The van der Waals surface area contributed by atoms with Gasteiger partial charge in [0.15, 0.2) is 5.96 Å². The highest BCUT2D eigenvalue weighted by atomic mass is 16.5. The molecule has 0 bridgehead atoms. The van der Waals surface area contributed by atoms with Gasteiger partial charge in [0, 0.05) is 26.7 Å². The van der Waals surface area contributed by atoms with Crippen LogP contribution in [0.25, 0.3) is 0 Å². The van der Waals surface area contributed by atoms with Crippen molar-refractivity contribution < 1.29 is 4.74 Å². The van der Waals surface area contributed by atoms with Gasteiger partial charge in [-0.05, 0) is 37.4 Å². The Morgan fingerprint density at radius 3 is 2.64 bits per heavy atom. The first-order valence-electron chi connectivity index (χ1n) is 9.56. The minimum absolute atomic E-state index is 0.435. The first kappa shape index (κ1) is 19.7. The van der Waals surface area contributed by atoms with Crippen molar-refractivity contribution in [3.8, 4) is 0 Å². The molecule has 1 heterocycles. The summed E-state index contributed by atoms with van der Waals surface area (Å²) in [6.07, 6.45) is 4.07. The number of nitrogens with zero attached hydrogens (tertiary/aromatic N) is 2. The largest absolute Gasteiger partial charge is 0.376 e. The van der Waals surface area contributed by atoms with E-state index in [2.05, 4.69) is 39.6 Å². The molecular formula is C20H34N4O. The summed E-state index contributed by atoms with van der Waals surface area (Å²) in [4.78, 5) is 6.84. The number of hydrogen-bond acceptors (Lipinski definition) is 3. The number of hydrogen-bond donors (Lipinski definition) is 2. The zero-order valence-corrected chi connectivity index (χ0v) is 15.8. The Hall–Kier alpha value is -1.59. The zero-order valence-electron chi connectivity index (χ0n) is 15.8. The Morgan fingerprint density at radius 2 is 1.92 bits per heavy atom. The molecule has 1 aromatic carbocycles. The predicted molar refractivity (Wildman–Crippen MR) is 105 cm³/mol. The number of piperidine rings is 1. The third-order valence-corrected chi connectivity index (χ3v) is 4.52. The molecular weight excluding hydrogens is 312 g/mol. The minimum atomic E-state index is 0.435. The highest BCUT2D eigenvalue weighted by molar-refractivity contribution is 5.79. The van der Waals surface area contributed by atoms with Crippen LogP contribution in [-0.2, 0) is 11.3 Å². The lowest BCUT2D eigenvalue weighted by Crippen LogP contribution is -2.44. The van der Waals surface area contributed by atoms with Gasteiger partial charge in [0.2, 0.25) is 0 Å². The average Bonchev–Trinajstić information content (AvgIpc) is 2.66. The molecule has 2 rings (SSSR count). The molecule has 1 aromatic rings. The van der Waals surface area contributed by atoms with Crippen molar-refractivity contribution in [2.75, 3.05) is 46.4 Å². The Morgan fingerprint density at radius 1 is 1.16 bits per heavy atom. The van der Waals surface area contributed by atoms with Crippen LogP contribution in [-0.4, -0.2) is 57.2 Å². The highest BCUT2D eigenvalue weighted by Crippen LogP contribution is 2.07. The molecule has 1 aliphatic rings. The van der Waals surface area contributed by atoms with E-state index in [0.717, 1.165) is 32.2 Å². The summed E-state index contributed by atoms with van der Waals surface area (Å²) < 4.78 is 5.80. The quantitative estimate of drug-likeness (QED) is 0.533. The van der Waals surface area contributed by atoms with E-state index in [-0.39, 0.29) is 0 Å². The van der Waals surface area contributed by atoms with E-state index < -0.39 is 0 Å². The first-order chi connectivity index (χ1) is 12.3. The Balaban J connectivity index is 1.54. The van der Waals surface area contributed by atoms with Gasteiger partial charge in [-0.1, -0.05) is 43.7 Å². The molecule has 5 nitrogen and oxygen atoms in total. The summed E-state index contributed by atoms with van der Waals surface area (Å²) >= 11 is 0. The fourth-order valence-corrected chi connectivity index (χ4v) is 3.02. The van der Waals surface area contributed by atoms with Crippen LogP contribution in [0.15, 0.2) is 35.3 Å². The second-order valence-corrected chi connectivity index (χ2v) is 6.89. The molecule has 1 aliphatic heterocycles. The number of guanidine groups is 1. The smallest absolute Gasteiger partial charge is 0.191 e. The van der Waals surface area contributed by atoms with Crippen molar-refractivity contribution in [3.05, 3.63) is 35.9 Å². The van der Waals surface area contributed by atoms with E-state index in [4.69, 9.17) is 4.74 Å². The molecule has 25 heavy (non-hydrogen) atoms. The number of aliphatic imine (C=N–C) groups is 1. The molecule has 2 N–H and O–H groups in total. The van der Waals surface area contributed by atoms with Gasteiger partial charge in [-0.3, -0.25) is 4.99 Å². The van der Waals surface area contributed by atoms with E-state index in [1.165, 1.54) is 37.9 Å². The van der Waals surface area contributed by atoms with Gasteiger partial charge in [0.25, 0.3) is 0 Å². The Labute approximate surface area is 152 Å². The van der Waals surface area contributed by atoms with Crippen LogP contribution in [0.5, 0.6) is 0 Å². The van der Waals surface area contributed by atoms with Gasteiger partial charge < -0.3 is 20.3 Å². The van der Waals surface area contributed by atoms with Crippen LogP contribution in [0.1, 0.15) is 31.7 Å². The van der Waals surface area contributed by atoms with E-state index in [9.17, 15) is 0 Å². The SMILES string of the molecule is CN=C(NCCN1CCCCC1)NCC(C)COCc1ccccc1. The molecule has 0 aromatic heterocycles. The zero-order chi connectivity index (χ0) is 17.7. The third kappa shape index (κ3) is 8.36. The molecule has 1 saturated heterocycles. The second-order valence-electron chi connectivity index (χ2n) is 6.89. The van der Waals surface area contributed by atoms with Crippen LogP contribution in [0.2, 0.25) is 0 Å². The summed E-state index contributed by atoms with van der Waals surface area (Å²) in [5.41, 5.74) is 1.22. The monoisotopic (exact) mass is 346 g/mol. The second kappa shape index (κ2) is 11.9. The molecule has 0 aliphatic carbocycles. The molecule has 1 unspecified atom stereocenters. The molecule has 0 saturated carbocycles. The van der Waals surface area contributed by atoms with Crippen LogP contribution in [0.3, 0.4) is 0 Å². The maximum absolute atomic E-state index is 5.80. The van der Waals surface area contributed by atoms with E-state index in [1.807, 2.05) is 25.2 Å². The molecule has 0 radical (unpaired) electrons. The first-order valence-corrected chi connectivity index (χ1v) is 9.56. The van der Waals surface area contributed by atoms with Crippen LogP contribution >= 0.6 is 0 Å². The van der Waals surface area contributed by atoms with Gasteiger partial charge in [0.1, 0.15) is 0 Å². The van der Waals surface area contributed by atoms with E-state index in [0.29, 0.717) is 12.5 Å². The van der Waals surface area contributed by atoms with Crippen molar-refractivity contribution in [2.45, 2.75) is 32.8 Å². The highest BCUT2D eigenvalue weighted by Gasteiger charge is 2.09. The minimum Gasteiger partial charge on any atom is -0.376 e.